The van der Waals surface area contributed by atoms with Crippen LogP contribution in [0, 0.1) is 0 Å². The lowest BCUT2D eigenvalue weighted by Crippen LogP contribution is -2.59. The predicted octanol–water partition coefficient (Wildman–Crippen LogP) is 2.99. The first-order chi connectivity index (χ1) is 12.6. The van der Waals surface area contributed by atoms with Crippen molar-refractivity contribution < 1.29 is 23.1 Å². The number of anilines is 1. The van der Waals surface area contributed by atoms with Crippen molar-refractivity contribution in [2.75, 3.05) is 25.0 Å². The van der Waals surface area contributed by atoms with Gasteiger partial charge in [0.15, 0.2) is 0 Å². The molecule has 2 fully saturated rings. The van der Waals surface area contributed by atoms with Gasteiger partial charge in [-0.25, -0.2) is 0 Å². The first-order valence-electron chi connectivity index (χ1n) is 8.77. The number of likely N-dealkylation sites (tertiary alicyclic amines) is 1. The van der Waals surface area contributed by atoms with E-state index in [0.29, 0.717) is 32.4 Å². The Morgan fingerprint density at radius 1 is 1.22 bits per heavy atom. The molecule has 0 spiro atoms. The van der Waals surface area contributed by atoms with E-state index in [2.05, 4.69) is 14.7 Å². The molecule has 5 nitrogen and oxygen atoms in total. The number of carbonyl (C=O) groups is 1. The molecule has 2 saturated heterocycles. The van der Waals surface area contributed by atoms with Gasteiger partial charge >= 0.3 is 6.18 Å². The van der Waals surface area contributed by atoms with Crippen LogP contribution in [0.1, 0.15) is 24.8 Å². The van der Waals surface area contributed by atoms with Gasteiger partial charge in [-0.05, 0) is 37.5 Å². The van der Waals surface area contributed by atoms with Crippen LogP contribution < -0.4 is 5.32 Å². The van der Waals surface area contributed by atoms with Gasteiger partial charge in [0, 0.05) is 30.3 Å². The lowest BCUT2D eigenvalue weighted by Gasteiger charge is -2.44. The number of piperidine rings is 2. The zero-order valence-electron chi connectivity index (χ0n) is 14.5. The van der Waals surface area contributed by atoms with Gasteiger partial charge in [0.1, 0.15) is 6.04 Å². The Hall–Kier alpha value is -1.08. The summed E-state index contributed by atoms with van der Waals surface area (Å²) in [6, 6.07) is 2.22. The monoisotopic (exact) mass is 423 g/mol. The van der Waals surface area contributed by atoms with E-state index in [4.69, 9.17) is 11.6 Å². The molecule has 0 aliphatic carbocycles. The maximum atomic E-state index is 13.0. The summed E-state index contributed by atoms with van der Waals surface area (Å²) >= 11 is 5.82. The number of nitrogens with zero attached hydrogens (tertiary/aromatic N) is 2. The van der Waals surface area contributed by atoms with E-state index in [1.807, 2.05) is 4.67 Å². The number of hydrogen-bond acceptors (Lipinski definition) is 4. The minimum atomic E-state index is -4.52. The lowest BCUT2D eigenvalue weighted by atomic mass is 9.96. The van der Waals surface area contributed by atoms with Crippen molar-refractivity contribution in [2.24, 2.45) is 0 Å². The van der Waals surface area contributed by atoms with Crippen LogP contribution in [0.3, 0.4) is 0 Å². The highest BCUT2D eigenvalue weighted by Crippen LogP contribution is 2.34. The molecule has 4 atom stereocenters. The van der Waals surface area contributed by atoms with E-state index in [1.165, 1.54) is 6.07 Å². The molecule has 0 aromatic heterocycles. The van der Waals surface area contributed by atoms with Crippen molar-refractivity contribution in [3.8, 4) is 0 Å². The number of aliphatic hydroxyl groups is 1. The number of nitrogens with one attached hydrogen (secondary N) is 1. The second-order valence-corrected chi connectivity index (χ2v) is 8.18. The molecule has 1 aromatic carbocycles. The average molecular weight is 424 g/mol. The van der Waals surface area contributed by atoms with Crippen LogP contribution in [-0.2, 0) is 11.0 Å². The molecule has 0 radical (unpaired) electrons. The van der Waals surface area contributed by atoms with Crippen molar-refractivity contribution in [1.82, 2.24) is 9.57 Å². The topological polar surface area (TPSA) is 55.8 Å². The fourth-order valence-corrected chi connectivity index (χ4v) is 4.25. The third-order valence-corrected chi connectivity index (χ3v) is 5.70. The summed E-state index contributed by atoms with van der Waals surface area (Å²) in [6.45, 7) is 1.80. The third kappa shape index (κ3) is 4.86. The normalized spacial score (nSPS) is 27.7. The summed E-state index contributed by atoms with van der Waals surface area (Å²) in [6.07, 6.45) is -3.34. The molecule has 2 aliphatic heterocycles. The highest BCUT2D eigenvalue weighted by molar-refractivity contribution is 7.13. The van der Waals surface area contributed by atoms with Gasteiger partial charge in [-0.1, -0.05) is 21.0 Å². The molecule has 0 saturated carbocycles. The van der Waals surface area contributed by atoms with Gasteiger partial charge in [0.05, 0.1) is 17.7 Å². The molecule has 2 aliphatic rings. The van der Waals surface area contributed by atoms with Gasteiger partial charge in [-0.15, -0.1) is 0 Å². The molecular weight excluding hydrogens is 402 g/mol. The molecule has 2 N–H and O–H groups in total. The van der Waals surface area contributed by atoms with Gasteiger partial charge in [-0.2, -0.15) is 13.2 Å². The van der Waals surface area contributed by atoms with Crippen molar-refractivity contribution in [3.05, 3.63) is 28.8 Å². The van der Waals surface area contributed by atoms with E-state index < -0.39 is 23.9 Å². The van der Waals surface area contributed by atoms with Gasteiger partial charge in [0.2, 0.25) is 5.91 Å². The number of halogens is 4. The van der Waals surface area contributed by atoms with Gasteiger partial charge in [-0.3, -0.25) is 9.46 Å². The summed E-state index contributed by atoms with van der Waals surface area (Å²) in [5, 5.41) is 13.2. The quantitative estimate of drug-likeness (QED) is 0.734. The third-order valence-electron chi connectivity index (χ3n) is 5.02. The SMILES string of the molecule is O=C1[C@H](Nc2cc(Cl)cc(C(F)(F)F)c2)CCCN1[C@H]1CN(P)CC[C@@H]1O. The zero-order valence-corrected chi connectivity index (χ0v) is 16.5. The van der Waals surface area contributed by atoms with Gasteiger partial charge in [0.25, 0.3) is 0 Å². The molecule has 1 unspecified atom stereocenters. The minimum absolute atomic E-state index is 0.0474. The predicted molar refractivity (Wildman–Crippen MR) is 101 cm³/mol. The first kappa shape index (κ1) is 20.6. The second-order valence-electron chi connectivity index (χ2n) is 7.02. The van der Waals surface area contributed by atoms with Crippen LogP contribution in [0.15, 0.2) is 18.2 Å². The Bertz CT molecular complexity index is 706. The first-order valence-corrected chi connectivity index (χ1v) is 9.67. The number of rotatable bonds is 3. The number of aliphatic hydroxyl groups excluding tert-OH is 1. The van der Waals surface area contributed by atoms with Gasteiger partial charge < -0.3 is 15.3 Å². The molecule has 1 amide bonds. The van der Waals surface area contributed by atoms with Crippen molar-refractivity contribution in [1.29, 1.82) is 0 Å². The van der Waals surface area contributed by atoms with Crippen LogP contribution >= 0.6 is 21.0 Å². The van der Waals surface area contributed by atoms with Crippen LogP contribution in [0.25, 0.3) is 0 Å². The molecule has 3 rings (SSSR count). The Kier molecular flexibility index (Phi) is 6.21. The lowest BCUT2D eigenvalue weighted by molar-refractivity contribution is -0.141. The molecular formula is C17H22ClF3N3O2P. The Balaban J connectivity index is 1.76. The maximum absolute atomic E-state index is 13.0. The zero-order chi connectivity index (χ0) is 19.8. The van der Waals surface area contributed by atoms with Crippen molar-refractivity contribution in [3.63, 3.8) is 0 Å². The molecule has 2 heterocycles. The largest absolute Gasteiger partial charge is 0.416 e. The highest BCUT2D eigenvalue weighted by Gasteiger charge is 2.39. The molecule has 150 valence electrons. The summed E-state index contributed by atoms with van der Waals surface area (Å²) in [4.78, 5) is 14.6. The Morgan fingerprint density at radius 2 is 1.96 bits per heavy atom. The summed E-state index contributed by atoms with van der Waals surface area (Å²) in [5.41, 5.74) is -0.703. The van der Waals surface area contributed by atoms with Crippen LogP contribution in [-0.4, -0.2) is 58.4 Å². The smallest absolute Gasteiger partial charge is 0.391 e. The average Bonchev–Trinajstić information content (AvgIpc) is 2.58. The van der Waals surface area contributed by atoms with Crippen LogP contribution in [0.5, 0.6) is 0 Å². The number of alkyl halides is 3. The van der Waals surface area contributed by atoms with Crippen LogP contribution in [0.4, 0.5) is 18.9 Å². The minimum Gasteiger partial charge on any atom is -0.391 e. The standard InChI is InChI=1S/C17H22ClF3N3O2P/c18-11-6-10(17(19,20)21)7-12(8-11)22-13-2-1-4-24(16(13)26)14-9-23(27)5-3-15(14)25/h6-8,13-15,22,25H,1-5,9,27H2/t13-,14+,15+/m1/s1. The summed E-state index contributed by atoms with van der Waals surface area (Å²) < 4.78 is 41.0. The molecule has 0 bridgehead atoms. The van der Waals surface area contributed by atoms with E-state index in [-0.39, 0.29) is 22.7 Å². The second kappa shape index (κ2) is 8.11. The van der Waals surface area contributed by atoms with E-state index in [1.54, 1.807) is 4.90 Å². The number of hydrogen-bond donors (Lipinski definition) is 2. The van der Waals surface area contributed by atoms with Crippen molar-refractivity contribution in [2.45, 2.75) is 43.6 Å². The van der Waals surface area contributed by atoms with E-state index in [9.17, 15) is 23.1 Å². The number of carbonyl (C=O) groups excluding carboxylic acids is 1. The van der Waals surface area contributed by atoms with E-state index in [0.717, 1.165) is 18.7 Å². The number of benzene rings is 1. The summed E-state index contributed by atoms with van der Waals surface area (Å²) in [7, 11) is 2.58. The fraction of sp³-hybridized carbons (Fsp3) is 0.588. The van der Waals surface area contributed by atoms with Crippen molar-refractivity contribution >= 4 is 32.6 Å². The summed E-state index contributed by atoms with van der Waals surface area (Å²) in [5.74, 6) is -0.209. The van der Waals surface area contributed by atoms with Crippen LogP contribution in [0.2, 0.25) is 5.02 Å². The Labute approximate surface area is 163 Å². The Morgan fingerprint density at radius 3 is 2.67 bits per heavy atom. The number of amides is 1. The molecule has 10 heteroatoms. The van der Waals surface area contributed by atoms with E-state index >= 15 is 0 Å². The fourth-order valence-electron chi connectivity index (χ4n) is 3.65. The highest BCUT2D eigenvalue weighted by atomic mass is 35.5. The molecule has 1 aromatic rings. The maximum Gasteiger partial charge on any atom is 0.416 e. The molecule has 27 heavy (non-hydrogen) atoms.